The number of rotatable bonds is 3. The molecule has 1 heterocycles. The first-order chi connectivity index (χ1) is 8.58. The van der Waals surface area contributed by atoms with E-state index in [4.69, 9.17) is 17.3 Å². The van der Waals surface area contributed by atoms with Gasteiger partial charge in [-0.05, 0) is 42.3 Å². The molecule has 4 heteroatoms. The Bertz CT molecular complexity index is 557. The highest BCUT2D eigenvalue weighted by Crippen LogP contribution is 2.27. The van der Waals surface area contributed by atoms with Crippen molar-refractivity contribution in [3.8, 4) is 0 Å². The van der Waals surface area contributed by atoms with Gasteiger partial charge >= 0.3 is 0 Å². The van der Waals surface area contributed by atoms with Crippen LogP contribution in [0.2, 0.25) is 5.02 Å². The zero-order valence-electron chi connectivity index (χ0n) is 10.0. The summed E-state index contributed by atoms with van der Waals surface area (Å²) in [6.07, 6.45) is 2.49. The number of aromatic nitrogens is 1. The Morgan fingerprint density at radius 1 is 1.39 bits per heavy atom. The number of hydrogen-bond donors (Lipinski definition) is 1. The van der Waals surface area contributed by atoms with Crippen molar-refractivity contribution in [2.45, 2.75) is 19.4 Å². The van der Waals surface area contributed by atoms with E-state index in [2.05, 4.69) is 20.9 Å². The lowest BCUT2D eigenvalue weighted by Gasteiger charge is -2.15. The molecule has 0 saturated heterocycles. The molecule has 1 unspecified atom stereocenters. The van der Waals surface area contributed by atoms with E-state index >= 15 is 0 Å². The molecule has 0 fully saturated rings. The van der Waals surface area contributed by atoms with Gasteiger partial charge in [-0.3, -0.25) is 4.98 Å². The highest BCUT2D eigenvalue weighted by molar-refractivity contribution is 9.10. The van der Waals surface area contributed by atoms with Gasteiger partial charge in [-0.15, -0.1) is 0 Å². The molecule has 0 bridgehead atoms. The molecule has 2 rings (SSSR count). The molecule has 0 saturated carbocycles. The van der Waals surface area contributed by atoms with E-state index < -0.39 is 0 Å². The van der Waals surface area contributed by atoms with Crippen LogP contribution < -0.4 is 5.73 Å². The van der Waals surface area contributed by atoms with Crippen LogP contribution >= 0.6 is 27.5 Å². The van der Waals surface area contributed by atoms with Crippen LogP contribution in [0, 0.1) is 6.92 Å². The van der Waals surface area contributed by atoms with Crippen molar-refractivity contribution in [2.24, 2.45) is 5.73 Å². The Morgan fingerprint density at radius 3 is 2.89 bits per heavy atom. The predicted molar refractivity (Wildman–Crippen MR) is 78.8 cm³/mol. The maximum Gasteiger partial charge on any atom is 0.0451 e. The lowest BCUT2D eigenvalue weighted by atomic mass is 10.0. The minimum absolute atomic E-state index is 0.119. The van der Waals surface area contributed by atoms with E-state index in [-0.39, 0.29) is 6.04 Å². The molecule has 0 spiro atoms. The highest BCUT2D eigenvalue weighted by atomic mass is 79.9. The van der Waals surface area contributed by atoms with E-state index in [1.165, 1.54) is 0 Å². The van der Waals surface area contributed by atoms with Crippen LogP contribution in [0.25, 0.3) is 0 Å². The van der Waals surface area contributed by atoms with Gasteiger partial charge in [0.15, 0.2) is 0 Å². The van der Waals surface area contributed by atoms with Crippen molar-refractivity contribution in [1.82, 2.24) is 4.98 Å². The second-order valence-corrected chi connectivity index (χ2v) is 5.53. The number of hydrogen-bond acceptors (Lipinski definition) is 2. The Kier molecular flexibility index (Phi) is 4.38. The number of nitrogens with zero attached hydrogens (tertiary/aromatic N) is 1. The largest absolute Gasteiger partial charge is 0.324 e. The minimum Gasteiger partial charge on any atom is -0.324 e. The molecule has 1 atom stereocenters. The Hall–Kier alpha value is -0.900. The molecule has 1 aromatic carbocycles. The van der Waals surface area contributed by atoms with Gasteiger partial charge in [0.1, 0.15) is 0 Å². The molecular formula is C14H14BrClN2. The van der Waals surface area contributed by atoms with Crippen molar-refractivity contribution in [1.29, 1.82) is 0 Å². The highest BCUT2D eigenvalue weighted by Gasteiger charge is 2.13. The van der Waals surface area contributed by atoms with E-state index in [1.807, 2.05) is 37.3 Å². The summed E-state index contributed by atoms with van der Waals surface area (Å²) in [5.74, 6) is 0. The molecule has 2 N–H and O–H groups in total. The van der Waals surface area contributed by atoms with Gasteiger partial charge in [-0.2, -0.15) is 0 Å². The molecule has 18 heavy (non-hydrogen) atoms. The first kappa shape index (κ1) is 13.5. The first-order valence-corrected chi connectivity index (χ1v) is 6.86. The summed E-state index contributed by atoms with van der Waals surface area (Å²) >= 11 is 9.51. The van der Waals surface area contributed by atoms with Crippen LogP contribution in [0.5, 0.6) is 0 Å². The van der Waals surface area contributed by atoms with Crippen LogP contribution in [0.1, 0.15) is 22.9 Å². The van der Waals surface area contributed by atoms with E-state index in [0.717, 1.165) is 21.3 Å². The van der Waals surface area contributed by atoms with Gasteiger partial charge in [0.05, 0.1) is 0 Å². The average Bonchev–Trinajstić information content (AvgIpc) is 2.35. The summed E-state index contributed by atoms with van der Waals surface area (Å²) in [6.45, 7) is 2.04. The summed E-state index contributed by atoms with van der Waals surface area (Å²) in [7, 11) is 0. The summed E-state index contributed by atoms with van der Waals surface area (Å²) in [4.78, 5) is 4.37. The first-order valence-electron chi connectivity index (χ1n) is 5.69. The monoisotopic (exact) mass is 324 g/mol. The standard InChI is InChI=1S/C14H14BrClN2/c1-9-3-2-6-18-14(9)8-13(17)11-7-10(16)4-5-12(11)15/h2-7,13H,8,17H2,1H3. The molecule has 94 valence electrons. The van der Waals surface area contributed by atoms with Gasteiger partial charge in [0, 0.05) is 33.8 Å². The zero-order valence-corrected chi connectivity index (χ0v) is 12.4. The van der Waals surface area contributed by atoms with E-state index in [0.29, 0.717) is 11.4 Å². The second kappa shape index (κ2) is 5.83. The fraction of sp³-hybridized carbons (Fsp3) is 0.214. The third-order valence-corrected chi connectivity index (χ3v) is 3.85. The molecule has 0 aliphatic rings. The van der Waals surface area contributed by atoms with Crippen molar-refractivity contribution < 1.29 is 0 Å². The molecule has 1 aromatic heterocycles. The summed E-state index contributed by atoms with van der Waals surface area (Å²) in [5, 5.41) is 0.696. The third-order valence-electron chi connectivity index (χ3n) is 2.89. The van der Waals surface area contributed by atoms with E-state index in [9.17, 15) is 0 Å². The summed E-state index contributed by atoms with van der Waals surface area (Å²) in [5.41, 5.74) is 9.43. The van der Waals surface area contributed by atoms with Crippen LogP contribution in [-0.4, -0.2) is 4.98 Å². The molecule has 0 radical (unpaired) electrons. The normalized spacial score (nSPS) is 12.4. The predicted octanol–water partition coefficient (Wildman–Crippen LogP) is 4.05. The van der Waals surface area contributed by atoms with Crippen molar-refractivity contribution in [2.75, 3.05) is 0 Å². The summed E-state index contributed by atoms with van der Waals surface area (Å²) < 4.78 is 0.980. The molecule has 2 nitrogen and oxygen atoms in total. The van der Waals surface area contributed by atoms with Crippen LogP contribution in [-0.2, 0) is 6.42 Å². The molecule has 0 aliphatic heterocycles. The van der Waals surface area contributed by atoms with Gasteiger partial charge in [-0.1, -0.05) is 33.6 Å². The van der Waals surface area contributed by atoms with Crippen molar-refractivity contribution >= 4 is 27.5 Å². The zero-order chi connectivity index (χ0) is 13.1. The number of pyridine rings is 1. The number of aryl methyl sites for hydroxylation is 1. The Balaban J connectivity index is 2.25. The number of halogens is 2. The fourth-order valence-corrected chi connectivity index (χ4v) is 2.57. The Morgan fingerprint density at radius 2 is 2.17 bits per heavy atom. The van der Waals surface area contributed by atoms with Crippen LogP contribution in [0.15, 0.2) is 41.0 Å². The lowest BCUT2D eigenvalue weighted by molar-refractivity contribution is 0.699. The summed E-state index contributed by atoms with van der Waals surface area (Å²) in [6, 6.07) is 9.51. The van der Waals surface area contributed by atoms with Gasteiger partial charge < -0.3 is 5.73 Å². The fourth-order valence-electron chi connectivity index (χ4n) is 1.85. The average molecular weight is 326 g/mol. The molecular weight excluding hydrogens is 312 g/mol. The van der Waals surface area contributed by atoms with Crippen LogP contribution in [0.3, 0.4) is 0 Å². The van der Waals surface area contributed by atoms with E-state index in [1.54, 1.807) is 6.20 Å². The Labute approximate surface area is 120 Å². The van der Waals surface area contributed by atoms with Gasteiger partial charge in [-0.25, -0.2) is 0 Å². The maximum atomic E-state index is 6.24. The lowest BCUT2D eigenvalue weighted by Crippen LogP contribution is -2.15. The van der Waals surface area contributed by atoms with Crippen molar-refractivity contribution in [3.63, 3.8) is 0 Å². The molecule has 2 aromatic rings. The van der Waals surface area contributed by atoms with Gasteiger partial charge in [0.25, 0.3) is 0 Å². The third kappa shape index (κ3) is 3.10. The number of nitrogens with two attached hydrogens (primary N) is 1. The van der Waals surface area contributed by atoms with Crippen LogP contribution in [0.4, 0.5) is 0 Å². The quantitative estimate of drug-likeness (QED) is 0.924. The van der Waals surface area contributed by atoms with Crippen molar-refractivity contribution in [3.05, 3.63) is 62.8 Å². The second-order valence-electron chi connectivity index (χ2n) is 4.24. The smallest absolute Gasteiger partial charge is 0.0451 e. The maximum absolute atomic E-state index is 6.24. The topological polar surface area (TPSA) is 38.9 Å². The molecule has 0 amide bonds. The minimum atomic E-state index is -0.119. The number of benzene rings is 1. The SMILES string of the molecule is Cc1cccnc1CC(N)c1cc(Cl)ccc1Br. The van der Waals surface area contributed by atoms with Gasteiger partial charge in [0.2, 0.25) is 0 Å². The molecule has 0 aliphatic carbocycles.